The highest BCUT2D eigenvalue weighted by Gasteiger charge is 2.24. The van der Waals surface area contributed by atoms with Crippen LogP contribution in [-0.4, -0.2) is 0 Å². The second-order valence-electron chi connectivity index (χ2n) is 12.8. The van der Waals surface area contributed by atoms with Crippen LogP contribution >= 0.6 is 0 Å². The normalized spacial score (nSPS) is 12.4. The van der Waals surface area contributed by atoms with E-state index in [4.69, 9.17) is 4.74 Å². The molecule has 0 spiro atoms. The molecule has 1 nitrogen and oxygen atoms in total. The third kappa shape index (κ3) is 3.43. The standard InChI is InChI=1S/C46H26O/c1-4-12-34-27(7-1)17-22-37(35-21-18-30-16-15-28-9-5-10-29-19-23-38(35)45(30)43(28)29)44(34)32-20-24-41-39(26-32)40-25-31-8-2-3-11-33(31)36-13-6-14-42(47-41)46(36)40/h1-26H. The van der Waals surface area contributed by atoms with Gasteiger partial charge in [-0.1, -0.05) is 133 Å². The molecule has 11 rings (SSSR count). The first-order valence-corrected chi connectivity index (χ1v) is 16.3. The summed E-state index contributed by atoms with van der Waals surface area (Å²) in [5, 5.41) is 15.2. The zero-order valence-corrected chi connectivity index (χ0v) is 25.4. The van der Waals surface area contributed by atoms with Crippen LogP contribution in [0.25, 0.3) is 98.0 Å². The van der Waals surface area contributed by atoms with Crippen molar-refractivity contribution in [1.29, 1.82) is 0 Å². The van der Waals surface area contributed by atoms with Crippen molar-refractivity contribution in [2.24, 2.45) is 0 Å². The van der Waals surface area contributed by atoms with Crippen molar-refractivity contribution in [3.05, 3.63) is 158 Å². The van der Waals surface area contributed by atoms with Gasteiger partial charge in [0.2, 0.25) is 0 Å². The van der Waals surface area contributed by atoms with Gasteiger partial charge in [-0.25, -0.2) is 0 Å². The van der Waals surface area contributed by atoms with Crippen LogP contribution in [0.5, 0.6) is 11.5 Å². The highest BCUT2D eigenvalue weighted by molar-refractivity contribution is 6.26. The summed E-state index contributed by atoms with van der Waals surface area (Å²) in [6.45, 7) is 0. The minimum atomic E-state index is 0.897. The Hall–Kier alpha value is -6.18. The third-order valence-corrected chi connectivity index (χ3v) is 10.4. The molecule has 0 saturated heterocycles. The molecular formula is C46H26O. The summed E-state index contributed by atoms with van der Waals surface area (Å²) in [4.78, 5) is 0. The van der Waals surface area contributed by atoms with Crippen LogP contribution in [0.15, 0.2) is 158 Å². The van der Waals surface area contributed by atoms with Gasteiger partial charge in [0.15, 0.2) is 0 Å². The molecule has 0 atom stereocenters. The van der Waals surface area contributed by atoms with Crippen LogP contribution in [0.2, 0.25) is 0 Å². The first kappa shape index (κ1) is 25.1. The molecule has 0 radical (unpaired) electrons. The predicted octanol–water partition coefficient (Wildman–Crippen LogP) is 13.2. The quantitative estimate of drug-likeness (QED) is 0.181. The van der Waals surface area contributed by atoms with E-state index in [0.717, 1.165) is 17.1 Å². The van der Waals surface area contributed by atoms with Crippen molar-refractivity contribution < 1.29 is 4.74 Å². The third-order valence-electron chi connectivity index (χ3n) is 10.4. The molecule has 0 aliphatic carbocycles. The lowest BCUT2D eigenvalue weighted by Crippen LogP contribution is -1.98. The lowest BCUT2D eigenvalue weighted by Gasteiger charge is -2.24. The van der Waals surface area contributed by atoms with Crippen molar-refractivity contribution in [3.8, 4) is 44.9 Å². The van der Waals surface area contributed by atoms with Gasteiger partial charge in [0.1, 0.15) is 11.5 Å². The number of fused-ring (bicyclic) bond motifs is 5. The van der Waals surface area contributed by atoms with Crippen LogP contribution in [-0.2, 0) is 0 Å². The van der Waals surface area contributed by atoms with E-state index >= 15 is 0 Å². The van der Waals surface area contributed by atoms with Gasteiger partial charge in [0.25, 0.3) is 0 Å². The minimum absolute atomic E-state index is 0.897. The second kappa shape index (κ2) is 9.19. The molecule has 1 aliphatic heterocycles. The Morgan fingerprint density at radius 3 is 1.85 bits per heavy atom. The summed E-state index contributed by atoms with van der Waals surface area (Å²) in [5.74, 6) is 1.82. The maximum atomic E-state index is 6.61. The van der Waals surface area contributed by atoms with Crippen molar-refractivity contribution >= 4 is 64.6 Å². The molecule has 47 heavy (non-hydrogen) atoms. The van der Waals surface area contributed by atoms with Gasteiger partial charge in [0.05, 0.1) is 0 Å². The molecular weight excluding hydrogens is 569 g/mol. The fraction of sp³-hybridized carbons (Fsp3) is 0. The van der Waals surface area contributed by atoms with Gasteiger partial charge in [-0.05, 0) is 111 Å². The predicted molar refractivity (Wildman–Crippen MR) is 199 cm³/mol. The van der Waals surface area contributed by atoms with Crippen LogP contribution in [0.1, 0.15) is 0 Å². The number of hydrogen-bond donors (Lipinski definition) is 0. The molecule has 0 fully saturated rings. The smallest absolute Gasteiger partial charge is 0.135 e. The first-order chi connectivity index (χ1) is 23.3. The van der Waals surface area contributed by atoms with E-state index in [1.165, 1.54) is 92.5 Å². The molecule has 0 saturated carbocycles. The van der Waals surface area contributed by atoms with Crippen molar-refractivity contribution in [3.63, 3.8) is 0 Å². The molecule has 1 heterocycles. The van der Waals surface area contributed by atoms with Crippen molar-refractivity contribution in [1.82, 2.24) is 0 Å². The Bertz CT molecular complexity index is 2910. The zero-order valence-electron chi connectivity index (χ0n) is 25.4. The highest BCUT2D eigenvalue weighted by atomic mass is 16.5. The molecule has 0 aromatic heterocycles. The van der Waals surface area contributed by atoms with Crippen LogP contribution < -0.4 is 4.74 Å². The van der Waals surface area contributed by atoms with Gasteiger partial charge in [0, 0.05) is 10.9 Å². The fourth-order valence-electron chi connectivity index (χ4n) is 8.31. The number of benzene rings is 10. The van der Waals surface area contributed by atoms with E-state index in [2.05, 4.69) is 158 Å². The summed E-state index contributed by atoms with van der Waals surface area (Å²) in [6.07, 6.45) is 0. The number of rotatable bonds is 2. The van der Waals surface area contributed by atoms with Gasteiger partial charge < -0.3 is 4.74 Å². The molecule has 216 valence electrons. The first-order valence-electron chi connectivity index (χ1n) is 16.3. The highest BCUT2D eigenvalue weighted by Crippen LogP contribution is 2.51. The Balaban J connectivity index is 1.22. The van der Waals surface area contributed by atoms with E-state index in [1.54, 1.807) is 0 Å². The average molecular weight is 595 g/mol. The molecule has 0 bridgehead atoms. The summed E-state index contributed by atoms with van der Waals surface area (Å²) in [5.41, 5.74) is 7.28. The molecule has 1 heteroatoms. The van der Waals surface area contributed by atoms with Crippen LogP contribution in [0.4, 0.5) is 0 Å². The molecule has 0 unspecified atom stereocenters. The summed E-state index contributed by atoms with van der Waals surface area (Å²) in [7, 11) is 0. The van der Waals surface area contributed by atoms with Gasteiger partial charge in [-0.15, -0.1) is 0 Å². The van der Waals surface area contributed by atoms with Gasteiger partial charge in [-0.2, -0.15) is 0 Å². The fourth-order valence-corrected chi connectivity index (χ4v) is 8.31. The Labute approximate surface area is 271 Å². The van der Waals surface area contributed by atoms with E-state index in [-0.39, 0.29) is 0 Å². The number of ether oxygens (including phenoxy) is 1. The minimum Gasteiger partial charge on any atom is -0.456 e. The van der Waals surface area contributed by atoms with E-state index in [1.807, 2.05) is 0 Å². The summed E-state index contributed by atoms with van der Waals surface area (Å²) in [6, 6.07) is 57.9. The molecule has 0 amide bonds. The van der Waals surface area contributed by atoms with E-state index in [9.17, 15) is 0 Å². The lowest BCUT2D eigenvalue weighted by atomic mass is 9.84. The largest absolute Gasteiger partial charge is 0.456 e. The van der Waals surface area contributed by atoms with Crippen molar-refractivity contribution in [2.45, 2.75) is 0 Å². The maximum absolute atomic E-state index is 6.61. The summed E-state index contributed by atoms with van der Waals surface area (Å²) < 4.78 is 6.61. The molecule has 1 aliphatic rings. The van der Waals surface area contributed by atoms with Crippen molar-refractivity contribution in [2.75, 3.05) is 0 Å². The number of hydrogen-bond acceptors (Lipinski definition) is 1. The van der Waals surface area contributed by atoms with Gasteiger partial charge in [-0.3, -0.25) is 0 Å². The van der Waals surface area contributed by atoms with Crippen LogP contribution in [0.3, 0.4) is 0 Å². The summed E-state index contributed by atoms with van der Waals surface area (Å²) >= 11 is 0. The SMILES string of the molecule is c1ccc2c(-c3ccc4c(c3)-c3cc5ccccc5c5cccc(c35)O4)c(-c3ccc4ccc5cccc6ccc3c4c56)ccc2c1. The average Bonchev–Trinajstić information content (AvgIpc) is 3.13. The Morgan fingerprint density at radius 2 is 0.957 bits per heavy atom. The monoisotopic (exact) mass is 594 g/mol. The maximum Gasteiger partial charge on any atom is 0.135 e. The topological polar surface area (TPSA) is 9.23 Å². The molecule has 10 aromatic rings. The molecule has 10 aromatic carbocycles. The van der Waals surface area contributed by atoms with Crippen LogP contribution in [0, 0.1) is 0 Å². The Morgan fingerprint density at radius 1 is 0.298 bits per heavy atom. The van der Waals surface area contributed by atoms with Gasteiger partial charge >= 0.3 is 0 Å². The lowest BCUT2D eigenvalue weighted by molar-refractivity contribution is 0.487. The zero-order chi connectivity index (χ0) is 30.6. The second-order valence-corrected chi connectivity index (χ2v) is 12.8. The Kier molecular flexibility index (Phi) is 4.90. The van der Waals surface area contributed by atoms with E-state index in [0.29, 0.717) is 0 Å². The van der Waals surface area contributed by atoms with E-state index < -0.39 is 0 Å². The molecule has 0 N–H and O–H groups in total.